The molecule has 84 valence electrons. The van der Waals surface area contributed by atoms with E-state index in [0.717, 1.165) is 6.42 Å². The van der Waals surface area contributed by atoms with Crippen LogP contribution in [0.25, 0.3) is 16.8 Å². The maximum atomic E-state index is 3.85. The summed E-state index contributed by atoms with van der Waals surface area (Å²) in [5.74, 6) is 0. The van der Waals surface area contributed by atoms with Crippen LogP contribution in [0, 0.1) is 0 Å². The molecule has 0 fully saturated rings. The maximum Gasteiger partial charge on any atom is -0.0178 e. The summed E-state index contributed by atoms with van der Waals surface area (Å²) in [6.45, 7) is 10.0. The molecule has 0 radical (unpaired) electrons. The van der Waals surface area contributed by atoms with Crippen LogP contribution in [-0.4, -0.2) is 0 Å². The second kappa shape index (κ2) is 6.12. The SMILES string of the molecule is C=Cc1cc2ccccc2cc1CC.CC. The van der Waals surface area contributed by atoms with Gasteiger partial charge in [0.2, 0.25) is 0 Å². The van der Waals surface area contributed by atoms with Crippen LogP contribution in [0.2, 0.25) is 0 Å². The predicted molar refractivity (Wildman–Crippen MR) is 74.8 cm³/mol. The first-order chi connectivity index (χ1) is 7.85. The highest BCUT2D eigenvalue weighted by molar-refractivity contribution is 5.85. The topological polar surface area (TPSA) is 0 Å². The molecule has 2 aromatic carbocycles. The summed E-state index contributed by atoms with van der Waals surface area (Å²) in [5, 5.41) is 2.61. The average Bonchev–Trinajstić information content (AvgIpc) is 2.39. The van der Waals surface area contributed by atoms with E-state index in [4.69, 9.17) is 0 Å². The predicted octanol–water partition coefficient (Wildman–Crippen LogP) is 5.07. The lowest BCUT2D eigenvalue weighted by Crippen LogP contribution is -1.86. The lowest BCUT2D eigenvalue weighted by atomic mass is 9.99. The lowest BCUT2D eigenvalue weighted by Gasteiger charge is -2.05. The Bertz CT molecular complexity index is 466. The second-order valence-electron chi connectivity index (χ2n) is 3.46. The third-order valence-corrected chi connectivity index (χ3v) is 2.61. The Morgan fingerprint density at radius 3 is 2.12 bits per heavy atom. The fourth-order valence-electron chi connectivity index (χ4n) is 1.80. The fourth-order valence-corrected chi connectivity index (χ4v) is 1.80. The van der Waals surface area contributed by atoms with Gasteiger partial charge in [0.25, 0.3) is 0 Å². The van der Waals surface area contributed by atoms with Gasteiger partial charge in [-0.25, -0.2) is 0 Å². The molecular formula is C16H20. The summed E-state index contributed by atoms with van der Waals surface area (Å²) in [4.78, 5) is 0. The molecule has 16 heavy (non-hydrogen) atoms. The minimum Gasteiger partial charge on any atom is -0.0985 e. The van der Waals surface area contributed by atoms with Crippen LogP contribution in [0.15, 0.2) is 43.0 Å². The molecule has 0 heterocycles. The lowest BCUT2D eigenvalue weighted by molar-refractivity contribution is 1.14. The molecule has 0 amide bonds. The first-order valence-electron chi connectivity index (χ1n) is 5.99. The summed E-state index contributed by atoms with van der Waals surface area (Å²) in [6.07, 6.45) is 3.00. The number of benzene rings is 2. The Morgan fingerprint density at radius 1 is 1.06 bits per heavy atom. The summed E-state index contributed by atoms with van der Waals surface area (Å²) in [7, 11) is 0. The smallest absolute Gasteiger partial charge is 0.0178 e. The first kappa shape index (κ1) is 12.5. The van der Waals surface area contributed by atoms with E-state index in [1.807, 2.05) is 19.9 Å². The van der Waals surface area contributed by atoms with Gasteiger partial charge < -0.3 is 0 Å². The van der Waals surface area contributed by atoms with Gasteiger partial charge in [0.1, 0.15) is 0 Å². The van der Waals surface area contributed by atoms with Crippen LogP contribution < -0.4 is 0 Å². The molecule has 0 aliphatic heterocycles. The first-order valence-corrected chi connectivity index (χ1v) is 5.99. The number of rotatable bonds is 2. The van der Waals surface area contributed by atoms with Crippen molar-refractivity contribution in [2.75, 3.05) is 0 Å². The molecule has 0 saturated heterocycles. The zero-order valence-corrected chi connectivity index (χ0v) is 10.5. The molecule has 2 aromatic rings. The average molecular weight is 212 g/mol. The largest absolute Gasteiger partial charge is 0.0985 e. The second-order valence-corrected chi connectivity index (χ2v) is 3.46. The number of hydrogen-bond acceptors (Lipinski definition) is 0. The normalized spacial score (nSPS) is 9.44. The summed E-state index contributed by atoms with van der Waals surface area (Å²) in [6, 6.07) is 12.9. The van der Waals surface area contributed by atoms with Crippen molar-refractivity contribution in [2.24, 2.45) is 0 Å². The molecule has 0 aliphatic rings. The van der Waals surface area contributed by atoms with Crippen molar-refractivity contribution in [2.45, 2.75) is 27.2 Å². The van der Waals surface area contributed by atoms with Crippen LogP contribution >= 0.6 is 0 Å². The molecule has 0 N–H and O–H groups in total. The van der Waals surface area contributed by atoms with Gasteiger partial charge in [0.15, 0.2) is 0 Å². The van der Waals surface area contributed by atoms with E-state index in [2.05, 4.69) is 49.9 Å². The van der Waals surface area contributed by atoms with E-state index in [9.17, 15) is 0 Å². The van der Waals surface area contributed by atoms with Gasteiger partial charge in [-0.1, -0.05) is 63.8 Å². The van der Waals surface area contributed by atoms with Crippen molar-refractivity contribution in [3.63, 3.8) is 0 Å². The van der Waals surface area contributed by atoms with Gasteiger partial charge in [-0.15, -0.1) is 0 Å². The highest BCUT2D eigenvalue weighted by atomic mass is 14.0. The van der Waals surface area contributed by atoms with E-state index in [1.54, 1.807) is 0 Å². The third-order valence-electron chi connectivity index (χ3n) is 2.61. The monoisotopic (exact) mass is 212 g/mol. The highest BCUT2D eigenvalue weighted by Crippen LogP contribution is 2.21. The quantitative estimate of drug-likeness (QED) is 0.652. The maximum absolute atomic E-state index is 3.85. The summed E-state index contributed by atoms with van der Waals surface area (Å²) >= 11 is 0. The zero-order valence-electron chi connectivity index (χ0n) is 10.5. The van der Waals surface area contributed by atoms with E-state index < -0.39 is 0 Å². The molecule has 0 saturated carbocycles. The van der Waals surface area contributed by atoms with Gasteiger partial charge in [-0.05, 0) is 34.4 Å². The third kappa shape index (κ3) is 2.52. The number of aryl methyl sites for hydroxylation is 1. The van der Waals surface area contributed by atoms with Gasteiger partial charge in [0.05, 0.1) is 0 Å². The van der Waals surface area contributed by atoms with Crippen molar-refractivity contribution in [1.29, 1.82) is 0 Å². The molecule has 0 unspecified atom stereocenters. The minimum atomic E-state index is 1.06. The van der Waals surface area contributed by atoms with Crippen molar-refractivity contribution in [3.05, 3.63) is 54.1 Å². The van der Waals surface area contributed by atoms with E-state index >= 15 is 0 Å². The Hall–Kier alpha value is -1.56. The molecule has 0 atom stereocenters. The summed E-state index contributed by atoms with van der Waals surface area (Å²) in [5.41, 5.74) is 2.63. The van der Waals surface area contributed by atoms with Crippen LogP contribution in [0.4, 0.5) is 0 Å². The van der Waals surface area contributed by atoms with Crippen molar-refractivity contribution < 1.29 is 0 Å². The van der Waals surface area contributed by atoms with E-state index in [-0.39, 0.29) is 0 Å². The number of hydrogen-bond donors (Lipinski definition) is 0. The molecule has 0 aromatic heterocycles. The summed E-state index contributed by atoms with van der Waals surface area (Å²) < 4.78 is 0. The minimum absolute atomic E-state index is 1.06. The van der Waals surface area contributed by atoms with Crippen molar-refractivity contribution in [3.8, 4) is 0 Å². The van der Waals surface area contributed by atoms with Crippen LogP contribution in [0.5, 0.6) is 0 Å². The Labute approximate surface area is 98.6 Å². The van der Waals surface area contributed by atoms with Crippen LogP contribution in [-0.2, 0) is 6.42 Å². The standard InChI is InChI=1S/C14H14.C2H6/c1-3-11-9-13-7-5-6-8-14(13)10-12(11)4-2;1-2/h3,5-10H,1,4H2,2H3;1-2H3. The van der Waals surface area contributed by atoms with Gasteiger partial charge in [0, 0.05) is 0 Å². The van der Waals surface area contributed by atoms with E-state index in [0.29, 0.717) is 0 Å². The zero-order chi connectivity index (χ0) is 12.0. The van der Waals surface area contributed by atoms with Gasteiger partial charge in [-0.2, -0.15) is 0 Å². The Morgan fingerprint density at radius 2 is 1.62 bits per heavy atom. The van der Waals surface area contributed by atoms with Crippen LogP contribution in [0.3, 0.4) is 0 Å². The Balaban J connectivity index is 0.000000606. The highest BCUT2D eigenvalue weighted by Gasteiger charge is 1.99. The van der Waals surface area contributed by atoms with Crippen molar-refractivity contribution in [1.82, 2.24) is 0 Å². The van der Waals surface area contributed by atoms with Gasteiger partial charge >= 0.3 is 0 Å². The van der Waals surface area contributed by atoms with Gasteiger partial charge in [-0.3, -0.25) is 0 Å². The fraction of sp³-hybridized carbons (Fsp3) is 0.250. The Kier molecular flexibility index (Phi) is 4.78. The molecule has 0 bridgehead atoms. The molecular weight excluding hydrogens is 192 g/mol. The van der Waals surface area contributed by atoms with E-state index in [1.165, 1.54) is 21.9 Å². The van der Waals surface area contributed by atoms with Crippen molar-refractivity contribution >= 4 is 16.8 Å². The molecule has 0 spiro atoms. The molecule has 0 heteroatoms. The number of fused-ring (bicyclic) bond motifs is 1. The molecule has 0 aliphatic carbocycles. The van der Waals surface area contributed by atoms with Crippen LogP contribution in [0.1, 0.15) is 31.9 Å². The molecule has 2 rings (SSSR count). The molecule has 0 nitrogen and oxygen atoms in total.